The zero-order valence-corrected chi connectivity index (χ0v) is 6.88. The highest BCUT2D eigenvalue weighted by molar-refractivity contribution is 5.36. The van der Waals surface area contributed by atoms with E-state index in [9.17, 15) is 8.78 Å². The van der Waals surface area contributed by atoms with Gasteiger partial charge in [-0.3, -0.25) is 0 Å². The molecule has 0 aliphatic heterocycles. The van der Waals surface area contributed by atoms with Crippen molar-refractivity contribution in [1.29, 1.82) is 5.26 Å². The van der Waals surface area contributed by atoms with Gasteiger partial charge in [-0.1, -0.05) is 0 Å². The fraction of sp³-hybridized carbons (Fsp3) is 0.222. The first-order chi connectivity index (χ1) is 6.07. The van der Waals surface area contributed by atoms with Gasteiger partial charge in [0.1, 0.15) is 17.7 Å². The molecule has 1 unspecified atom stereocenters. The normalized spacial score (nSPS) is 12.2. The predicted octanol–water partition coefficient (Wildman–Crippen LogP) is 1.89. The van der Waals surface area contributed by atoms with Gasteiger partial charge in [0, 0.05) is 0 Å². The Morgan fingerprint density at radius 2 is 2.08 bits per heavy atom. The minimum Gasteiger partial charge on any atom is -0.388 e. The van der Waals surface area contributed by atoms with E-state index in [-0.39, 0.29) is 5.56 Å². The van der Waals surface area contributed by atoms with Crippen molar-refractivity contribution in [2.45, 2.75) is 13.0 Å². The van der Waals surface area contributed by atoms with Gasteiger partial charge in [0.15, 0.2) is 0 Å². The molecule has 1 aromatic rings. The van der Waals surface area contributed by atoms with E-state index >= 15 is 0 Å². The van der Waals surface area contributed by atoms with Gasteiger partial charge in [-0.05, 0) is 19.1 Å². The van der Waals surface area contributed by atoms with Crippen molar-refractivity contribution < 1.29 is 13.9 Å². The summed E-state index contributed by atoms with van der Waals surface area (Å²) in [6, 6.07) is 3.57. The molecule has 2 nitrogen and oxygen atoms in total. The number of halogens is 2. The van der Waals surface area contributed by atoms with Crippen molar-refractivity contribution in [3.8, 4) is 6.07 Å². The molecule has 0 amide bonds. The molecule has 68 valence electrons. The van der Waals surface area contributed by atoms with Crippen LogP contribution >= 0.6 is 0 Å². The second-order valence-corrected chi connectivity index (χ2v) is 2.61. The zero-order valence-electron chi connectivity index (χ0n) is 6.88. The van der Waals surface area contributed by atoms with Crippen LogP contribution in [0.15, 0.2) is 12.1 Å². The summed E-state index contributed by atoms with van der Waals surface area (Å²) in [6.07, 6.45) is -1.26. The van der Waals surface area contributed by atoms with E-state index in [1.165, 1.54) is 6.92 Å². The Morgan fingerprint density at radius 3 is 2.54 bits per heavy atom. The lowest BCUT2D eigenvalue weighted by atomic mass is 10.1. The molecule has 1 aromatic carbocycles. The van der Waals surface area contributed by atoms with Gasteiger partial charge < -0.3 is 5.11 Å². The molecule has 0 bridgehead atoms. The maximum Gasteiger partial charge on any atom is 0.149 e. The monoisotopic (exact) mass is 183 g/mol. The Balaban J connectivity index is 3.41. The summed E-state index contributed by atoms with van der Waals surface area (Å²) in [7, 11) is 0. The Kier molecular flexibility index (Phi) is 2.59. The van der Waals surface area contributed by atoms with Gasteiger partial charge in [0.2, 0.25) is 0 Å². The Morgan fingerprint density at radius 1 is 1.46 bits per heavy atom. The highest BCUT2D eigenvalue weighted by Gasteiger charge is 2.17. The second-order valence-electron chi connectivity index (χ2n) is 2.61. The maximum absolute atomic E-state index is 13.2. The van der Waals surface area contributed by atoms with E-state index in [2.05, 4.69) is 0 Å². The molecule has 0 aromatic heterocycles. The van der Waals surface area contributed by atoms with Gasteiger partial charge >= 0.3 is 0 Å². The molecule has 0 saturated heterocycles. The van der Waals surface area contributed by atoms with E-state index in [4.69, 9.17) is 10.4 Å². The maximum atomic E-state index is 13.2. The Bertz CT molecular complexity index is 369. The summed E-state index contributed by atoms with van der Waals surface area (Å²) >= 11 is 0. The molecule has 13 heavy (non-hydrogen) atoms. The van der Waals surface area contributed by atoms with Gasteiger partial charge in [0.05, 0.1) is 17.2 Å². The molecular formula is C9H7F2NO. The van der Waals surface area contributed by atoms with Gasteiger partial charge in [-0.25, -0.2) is 8.78 Å². The SMILES string of the molecule is CC(O)c1c(F)ccc(C#N)c1F. The molecule has 0 saturated carbocycles. The molecule has 0 spiro atoms. The number of nitriles is 1. The largest absolute Gasteiger partial charge is 0.388 e. The number of hydrogen-bond acceptors (Lipinski definition) is 2. The van der Waals surface area contributed by atoms with Gasteiger partial charge in [-0.2, -0.15) is 5.26 Å². The number of aliphatic hydroxyl groups is 1. The standard InChI is InChI=1S/C9H7F2NO/c1-5(13)8-7(10)3-2-6(4-12)9(8)11/h2-3,5,13H,1H3. The molecule has 1 N–H and O–H groups in total. The molecule has 4 heteroatoms. The summed E-state index contributed by atoms with van der Waals surface area (Å²) in [5, 5.41) is 17.4. The lowest BCUT2D eigenvalue weighted by Gasteiger charge is -2.07. The van der Waals surface area contributed by atoms with Crippen molar-refractivity contribution >= 4 is 0 Å². The lowest BCUT2D eigenvalue weighted by Crippen LogP contribution is -2.02. The van der Waals surface area contributed by atoms with E-state index in [1.54, 1.807) is 6.07 Å². The van der Waals surface area contributed by atoms with Crippen LogP contribution in [0.1, 0.15) is 24.2 Å². The van der Waals surface area contributed by atoms with E-state index in [1.807, 2.05) is 0 Å². The third-order valence-electron chi connectivity index (χ3n) is 1.66. The van der Waals surface area contributed by atoms with Crippen LogP contribution in [-0.2, 0) is 0 Å². The lowest BCUT2D eigenvalue weighted by molar-refractivity contribution is 0.188. The van der Waals surface area contributed by atoms with Crippen molar-refractivity contribution in [1.82, 2.24) is 0 Å². The molecule has 0 aliphatic carbocycles. The van der Waals surface area contributed by atoms with Crippen LogP contribution in [0.3, 0.4) is 0 Å². The quantitative estimate of drug-likeness (QED) is 0.722. The first kappa shape index (κ1) is 9.62. The summed E-state index contributed by atoms with van der Waals surface area (Å²) < 4.78 is 26.1. The fourth-order valence-corrected chi connectivity index (χ4v) is 1.04. The molecule has 0 radical (unpaired) electrons. The van der Waals surface area contributed by atoms with Crippen LogP contribution in [0.4, 0.5) is 8.78 Å². The average Bonchev–Trinajstić information content (AvgIpc) is 2.04. The van der Waals surface area contributed by atoms with Crippen molar-refractivity contribution in [3.05, 3.63) is 34.9 Å². The molecule has 1 atom stereocenters. The molecule has 0 aliphatic rings. The Hall–Kier alpha value is -1.47. The minimum absolute atomic E-state index is 0.266. The first-order valence-electron chi connectivity index (χ1n) is 3.64. The van der Waals surface area contributed by atoms with Crippen molar-refractivity contribution in [2.75, 3.05) is 0 Å². The highest BCUT2D eigenvalue weighted by Crippen LogP contribution is 2.22. The van der Waals surface area contributed by atoms with E-state index < -0.39 is 23.3 Å². The number of aliphatic hydroxyl groups excluding tert-OH is 1. The van der Waals surface area contributed by atoms with Crippen LogP contribution < -0.4 is 0 Å². The summed E-state index contributed by atoms with van der Waals surface area (Å²) in [5.41, 5.74) is -0.726. The van der Waals surface area contributed by atoms with Gasteiger partial charge in [0.25, 0.3) is 0 Å². The highest BCUT2D eigenvalue weighted by atomic mass is 19.1. The third-order valence-corrected chi connectivity index (χ3v) is 1.66. The summed E-state index contributed by atoms with van der Waals surface area (Å²) in [5.74, 6) is -1.83. The number of rotatable bonds is 1. The topological polar surface area (TPSA) is 44.0 Å². The van der Waals surface area contributed by atoms with E-state index in [0.29, 0.717) is 0 Å². The molecular weight excluding hydrogens is 176 g/mol. The van der Waals surface area contributed by atoms with Crippen LogP contribution in [0, 0.1) is 23.0 Å². The van der Waals surface area contributed by atoms with Crippen LogP contribution in [0.25, 0.3) is 0 Å². The predicted molar refractivity (Wildman–Crippen MR) is 41.7 cm³/mol. The summed E-state index contributed by atoms with van der Waals surface area (Å²) in [6.45, 7) is 1.24. The second kappa shape index (κ2) is 3.50. The molecule has 0 heterocycles. The zero-order chi connectivity index (χ0) is 10.0. The fourth-order valence-electron chi connectivity index (χ4n) is 1.04. The molecule has 0 fully saturated rings. The summed E-state index contributed by atoms with van der Waals surface area (Å²) in [4.78, 5) is 0. The van der Waals surface area contributed by atoms with E-state index in [0.717, 1.165) is 12.1 Å². The number of benzene rings is 1. The van der Waals surface area contributed by atoms with Gasteiger partial charge in [-0.15, -0.1) is 0 Å². The number of hydrogen-bond donors (Lipinski definition) is 1. The minimum atomic E-state index is -1.26. The van der Waals surface area contributed by atoms with Crippen LogP contribution in [0.5, 0.6) is 0 Å². The molecule has 1 rings (SSSR count). The van der Waals surface area contributed by atoms with Crippen molar-refractivity contribution in [2.24, 2.45) is 0 Å². The number of nitrogens with zero attached hydrogens (tertiary/aromatic N) is 1. The van der Waals surface area contributed by atoms with Crippen LogP contribution in [-0.4, -0.2) is 5.11 Å². The smallest absolute Gasteiger partial charge is 0.149 e. The first-order valence-corrected chi connectivity index (χ1v) is 3.64. The third kappa shape index (κ3) is 1.65. The van der Waals surface area contributed by atoms with Crippen LogP contribution in [0.2, 0.25) is 0 Å². The average molecular weight is 183 g/mol. The Labute approximate surface area is 74.0 Å². The van der Waals surface area contributed by atoms with Crippen molar-refractivity contribution in [3.63, 3.8) is 0 Å².